The second kappa shape index (κ2) is 5.41. The van der Waals surface area contributed by atoms with Crippen molar-refractivity contribution in [3.05, 3.63) is 0 Å². The van der Waals surface area contributed by atoms with E-state index in [4.69, 9.17) is 0 Å². The summed E-state index contributed by atoms with van der Waals surface area (Å²) in [5, 5.41) is 0. The molecule has 38 valence electrons. The Morgan fingerprint density at radius 1 is 1.50 bits per heavy atom. The fourth-order valence-electron chi connectivity index (χ4n) is 0. The molecule has 0 aromatic heterocycles. The van der Waals surface area contributed by atoms with Crippen molar-refractivity contribution >= 4 is 22.1 Å². The monoisotopic (exact) mass is 125 g/mol. The molecule has 0 bridgehead atoms. The maximum Gasteiger partial charge on any atom is 0.248 e. The molecule has 0 rings (SSSR count). The van der Waals surface area contributed by atoms with Crippen LogP contribution in [-0.4, -0.2) is 18.8 Å². The van der Waals surface area contributed by atoms with E-state index in [2.05, 4.69) is 0 Å². The summed E-state index contributed by atoms with van der Waals surface area (Å²) in [6, 6.07) is 0. The van der Waals surface area contributed by atoms with Crippen molar-refractivity contribution in [2.24, 2.45) is 0 Å². The molecule has 0 aromatic carbocycles. The van der Waals surface area contributed by atoms with E-state index in [-0.39, 0.29) is 22.1 Å². The molecule has 0 aliphatic rings. The maximum absolute atomic E-state index is 9.53. The van der Waals surface area contributed by atoms with Crippen molar-refractivity contribution in [1.29, 1.82) is 0 Å². The Bertz CT molecular complexity index is 40.5. The molecule has 0 aliphatic heterocycles. The zero-order valence-electron chi connectivity index (χ0n) is 3.80. The lowest BCUT2D eigenvalue weighted by Gasteiger charge is -1.86. The second-order valence-electron chi connectivity index (χ2n) is 0.929. The molecule has 2 nitrogen and oxygen atoms in total. The predicted molar refractivity (Wildman–Crippen MR) is 31.7 cm³/mol. The van der Waals surface area contributed by atoms with Crippen molar-refractivity contribution in [2.75, 3.05) is 14.1 Å². The van der Waals surface area contributed by atoms with Crippen LogP contribution in [0.2, 0.25) is 0 Å². The molecule has 0 aromatic rings. The molecule has 0 saturated carbocycles. The van der Waals surface area contributed by atoms with Crippen LogP contribution in [0.1, 0.15) is 0 Å². The van der Waals surface area contributed by atoms with E-state index in [0.29, 0.717) is 0 Å². The lowest BCUT2D eigenvalue weighted by molar-refractivity contribution is 0.552. The van der Waals surface area contributed by atoms with Gasteiger partial charge in [0.25, 0.3) is 0 Å². The van der Waals surface area contributed by atoms with Gasteiger partial charge in [-0.1, -0.05) is 0 Å². The Hall–Kier alpha value is 0.410. The van der Waals surface area contributed by atoms with Gasteiger partial charge in [0, 0.05) is 0 Å². The van der Waals surface area contributed by atoms with E-state index in [1.807, 2.05) is 0 Å². The van der Waals surface area contributed by atoms with Gasteiger partial charge in [0.15, 0.2) is 0 Å². The van der Waals surface area contributed by atoms with Crippen molar-refractivity contribution in [2.45, 2.75) is 0 Å². The van der Waals surface area contributed by atoms with E-state index >= 15 is 0 Å². The van der Waals surface area contributed by atoms with Gasteiger partial charge < -0.3 is 0 Å². The molecule has 0 amide bonds. The molecule has 0 atom stereocenters. The fourth-order valence-corrected chi connectivity index (χ4v) is 0. The van der Waals surface area contributed by atoms with Gasteiger partial charge in [0.2, 0.25) is 8.61 Å². The van der Waals surface area contributed by atoms with Crippen molar-refractivity contribution in [3.63, 3.8) is 0 Å². The number of nitrogens with zero attached hydrogens (tertiary/aromatic N) is 1. The van der Waals surface area contributed by atoms with Gasteiger partial charge in [-0.2, -0.15) is 13.5 Å². The highest BCUT2D eigenvalue weighted by Gasteiger charge is 1.73. The van der Waals surface area contributed by atoms with Gasteiger partial charge in [-0.15, -0.1) is 0 Å². The summed E-state index contributed by atoms with van der Waals surface area (Å²) in [7, 11) is 3.54. The summed E-state index contributed by atoms with van der Waals surface area (Å²) in [6.07, 6.45) is 0. The Balaban J connectivity index is 0. The van der Waals surface area contributed by atoms with Crippen LogP contribution in [-0.2, 0) is 4.57 Å². The smallest absolute Gasteiger partial charge is 0.248 e. The van der Waals surface area contributed by atoms with E-state index < -0.39 is 0 Å². The number of rotatable bonds is 1. The number of hydrogen-bond acceptors (Lipinski definition) is 1. The molecule has 0 N–H and O–H groups in total. The summed E-state index contributed by atoms with van der Waals surface area (Å²) in [6.45, 7) is 0. The minimum Gasteiger partial charge on any atom is -0.256 e. The van der Waals surface area contributed by atoms with Crippen LogP contribution in [0.5, 0.6) is 0 Å². The third-order valence-corrected chi connectivity index (χ3v) is 0.490. The van der Waals surface area contributed by atoms with E-state index in [9.17, 15) is 4.57 Å². The molecule has 0 saturated heterocycles. The first kappa shape index (κ1) is 9.65. The lowest BCUT2D eigenvalue weighted by Crippen LogP contribution is -1.90. The van der Waals surface area contributed by atoms with Crippen LogP contribution < -0.4 is 0 Å². The van der Waals surface area contributed by atoms with Gasteiger partial charge >= 0.3 is 0 Å². The van der Waals surface area contributed by atoms with Gasteiger partial charge in [0.05, 0.1) is 0 Å². The minimum atomic E-state index is 0. The summed E-state index contributed by atoms with van der Waals surface area (Å²) in [5.74, 6) is 0. The van der Waals surface area contributed by atoms with E-state index in [1.165, 1.54) is 0 Å². The summed E-state index contributed by atoms with van der Waals surface area (Å²) in [4.78, 5) is 0. The average molecular weight is 125 g/mol. The Morgan fingerprint density at radius 2 is 1.67 bits per heavy atom. The first-order valence-corrected chi connectivity index (χ1v) is 2.04. The molecule has 0 heterocycles. The molecule has 6 heavy (non-hydrogen) atoms. The van der Waals surface area contributed by atoms with Crippen LogP contribution in [0.15, 0.2) is 0 Å². The van der Waals surface area contributed by atoms with Crippen LogP contribution >= 0.6 is 22.1 Å². The summed E-state index contributed by atoms with van der Waals surface area (Å²) in [5.41, 5.74) is 0. The van der Waals surface area contributed by atoms with Crippen LogP contribution in [0.4, 0.5) is 0 Å². The normalized spacial score (nSPS) is 8.50. The van der Waals surface area contributed by atoms with E-state index in [0.717, 1.165) is 0 Å². The molecule has 0 radical (unpaired) electrons. The SMILES string of the molecule is CN(C)P=O.S. The molecule has 0 fully saturated rings. The molecular formula is C2H8NOPS. The van der Waals surface area contributed by atoms with Crippen molar-refractivity contribution < 1.29 is 4.57 Å². The third-order valence-electron chi connectivity index (χ3n) is 0.163. The molecule has 0 spiro atoms. The zero-order chi connectivity index (χ0) is 4.28. The predicted octanol–water partition coefficient (Wildman–Crippen LogP) is 0.867. The van der Waals surface area contributed by atoms with Gasteiger partial charge in [0.1, 0.15) is 0 Å². The third kappa shape index (κ3) is 8.83. The maximum atomic E-state index is 9.53. The standard InChI is InChI=1S/C2H6NOP.H2S/c1-3(2)5-4;/h1-2H3;1H2. The Kier molecular flexibility index (Phi) is 8.70. The van der Waals surface area contributed by atoms with Gasteiger partial charge in [-0.05, 0) is 14.1 Å². The second-order valence-corrected chi connectivity index (χ2v) is 1.89. The Labute approximate surface area is 46.2 Å². The first-order chi connectivity index (χ1) is 2.27. The van der Waals surface area contributed by atoms with Crippen molar-refractivity contribution in [1.82, 2.24) is 4.67 Å². The van der Waals surface area contributed by atoms with Crippen LogP contribution in [0, 0.1) is 0 Å². The molecule has 0 aliphatic carbocycles. The summed E-state index contributed by atoms with van der Waals surface area (Å²) >= 11 is 0. The molecular weight excluding hydrogens is 117 g/mol. The Morgan fingerprint density at radius 3 is 1.67 bits per heavy atom. The highest BCUT2D eigenvalue weighted by atomic mass is 32.1. The quantitative estimate of drug-likeness (QED) is 0.484. The summed E-state index contributed by atoms with van der Waals surface area (Å²) < 4.78 is 11.1. The van der Waals surface area contributed by atoms with Crippen molar-refractivity contribution in [3.8, 4) is 0 Å². The number of hydrogen-bond donors (Lipinski definition) is 0. The van der Waals surface area contributed by atoms with Crippen LogP contribution in [0.3, 0.4) is 0 Å². The topological polar surface area (TPSA) is 20.3 Å². The fraction of sp³-hybridized carbons (Fsp3) is 1.00. The van der Waals surface area contributed by atoms with Crippen LogP contribution in [0.25, 0.3) is 0 Å². The lowest BCUT2D eigenvalue weighted by atomic mass is 11.3. The zero-order valence-corrected chi connectivity index (χ0v) is 5.70. The minimum absolute atomic E-state index is 0. The van der Waals surface area contributed by atoms with Gasteiger partial charge in [-0.25, -0.2) is 4.67 Å². The van der Waals surface area contributed by atoms with Gasteiger partial charge in [-0.3, -0.25) is 4.57 Å². The highest BCUT2D eigenvalue weighted by molar-refractivity contribution is 7.59. The molecule has 0 unspecified atom stereocenters. The largest absolute Gasteiger partial charge is 0.256 e. The molecule has 4 heteroatoms. The first-order valence-electron chi connectivity index (χ1n) is 1.28. The van der Waals surface area contributed by atoms with E-state index in [1.54, 1.807) is 18.8 Å². The average Bonchev–Trinajstić information content (AvgIpc) is 1.38. The highest BCUT2D eigenvalue weighted by Crippen LogP contribution is 1.90.